The van der Waals surface area contributed by atoms with Crippen LogP contribution in [0.3, 0.4) is 0 Å². The quantitative estimate of drug-likeness (QED) is 0.571. The first-order valence-corrected chi connectivity index (χ1v) is 11.1. The normalized spacial score (nSPS) is 17.1. The molecule has 1 saturated heterocycles. The molecule has 3 heterocycles. The van der Waals surface area contributed by atoms with Crippen molar-refractivity contribution in [3.05, 3.63) is 48.3 Å². The Hall–Kier alpha value is -3.16. The number of anilines is 1. The molecule has 0 spiro atoms. The van der Waals surface area contributed by atoms with Crippen LogP contribution in [0, 0.1) is 0 Å². The number of oxazole rings is 1. The molecule has 1 aliphatic heterocycles. The van der Waals surface area contributed by atoms with Crippen molar-refractivity contribution >= 4 is 11.9 Å². The first-order chi connectivity index (χ1) is 15.2. The highest BCUT2D eigenvalue weighted by atomic mass is 16.5. The number of piperidine rings is 1. The van der Waals surface area contributed by atoms with Gasteiger partial charge in [0.1, 0.15) is 0 Å². The van der Waals surface area contributed by atoms with E-state index in [-0.39, 0.29) is 11.9 Å². The Morgan fingerprint density at radius 2 is 1.87 bits per heavy atom. The van der Waals surface area contributed by atoms with Gasteiger partial charge in [0.25, 0.3) is 11.9 Å². The van der Waals surface area contributed by atoms with Crippen molar-refractivity contribution in [3.63, 3.8) is 0 Å². The van der Waals surface area contributed by atoms with Crippen LogP contribution >= 0.6 is 0 Å². The van der Waals surface area contributed by atoms with Crippen molar-refractivity contribution < 1.29 is 13.7 Å². The van der Waals surface area contributed by atoms with E-state index in [0.29, 0.717) is 23.6 Å². The fourth-order valence-corrected chi connectivity index (χ4v) is 4.30. The number of hydrogen-bond donors (Lipinski definition) is 0. The lowest BCUT2D eigenvalue weighted by molar-refractivity contribution is 0.0630. The molecule has 1 aliphatic carbocycles. The zero-order chi connectivity index (χ0) is 21.2. The first-order valence-electron chi connectivity index (χ1n) is 11.1. The summed E-state index contributed by atoms with van der Waals surface area (Å²) in [5.74, 6) is 2.20. The van der Waals surface area contributed by atoms with Gasteiger partial charge in [-0.25, -0.2) is 4.98 Å². The third-order valence-electron chi connectivity index (χ3n) is 6.09. The van der Waals surface area contributed by atoms with Gasteiger partial charge in [0, 0.05) is 42.7 Å². The van der Waals surface area contributed by atoms with Gasteiger partial charge in [0.2, 0.25) is 5.89 Å². The van der Waals surface area contributed by atoms with E-state index in [1.165, 1.54) is 6.39 Å². The summed E-state index contributed by atoms with van der Waals surface area (Å²) in [6, 6.07) is 8.22. The topological polar surface area (TPSA) is 88.5 Å². The third kappa shape index (κ3) is 4.19. The Morgan fingerprint density at radius 1 is 1.13 bits per heavy atom. The molecule has 0 unspecified atom stereocenters. The van der Waals surface area contributed by atoms with Crippen LogP contribution in [-0.4, -0.2) is 51.1 Å². The van der Waals surface area contributed by atoms with E-state index in [2.05, 4.69) is 31.8 Å². The van der Waals surface area contributed by atoms with Gasteiger partial charge in [0.15, 0.2) is 12.2 Å². The zero-order valence-corrected chi connectivity index (χ0v) is 17.7. The van der Waals surface area contributed by atoms with E-state index in [9.17, 15) is 4.79 Å². The summed E-state index contributed by atoms with van der Waals surface area (Å²) >= 11 is 0. The number of carbonyl (C=O) groups excluding carboxylic acids is 1. The fraction of sp³-hybridized carbons (Fsp3) is 0.478. The van der Waals surface area contributed by atoms with Gasteiger partial charge in [-0.2, -0.15) is 4.98 Å². The average Bonchev–Trinajstić information content (AvgIpc) is 3.27. The molecule has 2 aromatic heterocycles. The molecular formula is C23H27N5O3. The Bertz CT molecular complexity index is 1000. The Labute approximate surface area is 181 Å². The van der Waals surface area contributed by atoms with Crippen LogP contribution in [-0.2, 0) is 6.42 Å². The lowest BCUT2D eigenvalue weighted by atomic mass is 10.0. The fourth-order valence-electron chi connectivity index (χ4n) is 4.30. The van der Waals surface area contributed by atoms with Crippen LogP contribution < -0.4 is 4.90 Å². The molecule has 0 atom stereocenters. The van der Waals surface area contributed by atoms with Crippen molar-refractivity contribution in [3.8, 4) is 11.3 Å². The maximum atomic E-state index is 13.4. The largest absolute Gasteiger partial charge is 0.444 e. The minimum absolute atomic E-state index is 0.120. The molecule has 8 nitrogen and oxygen atoms in total. The second kappa shape index (κ2) is 8.53. The molecule has 0 bridgehead atoms. The minimum Gasteiger partial charge on any atom is -0.444 e. The van der Waals surface area contributed by atoms with Crippen molar-refractivity contribution in [1.29, 1.82) is 0 Å². The van der Waals surface area contributed by atoms with Crippen LogP contribution in [0.5, 0.6) is 0 Å². The SMILES string of the molecule is CCCc1nc(N2CCC(N(C(=O)c3ccc(-c4cnco4)cc3)C3CC3)CC2)no1. The molecule has 0 N–H and O–H groups in total. The maximum Gasteiger partial charge on any atom is 0.266 e. The molecule has 1 amide bonds. The molecule has 1 aromatic carbocycles. The molecule has 162 valence electrons. The smallest absolute Gasteiger partial charge is 0.266 e. The summed E-state index contributed by atoms with van der Waals surface area (Å²) < 4.78 is 10.7. The summed E-state index contributed by atoms with van der Waals surface area (Å²) in [5.41, 5.74) is 1.64. The lowest BCUT2D eigenvalue weighted by Crippen LogP contribution is -2.48. The zero-order valence-electron chi connectivity index (χ0n) is 17.7. The predicted molar refractivity (Wildman–Crippen MR) is 115 cm³/mol. The van der Waals surface area contributed by atoms with E-state index in [0.717, 1.165) is 62.7 Å². The molecule has 1 saturated carbocycles. The van der Waals surface area contributed by atoms with E-state index in [1.54, 1.807) is 6.20 Å². The Morgan fingerprint density at radius 3 is 2.52 bits per heavy atom. The number of amides is 1. The first kappa shape index (κ1) is 19.8. The number of hydrogen-bond acceptors (Lipinski definition) is 7. The Balaban J connectivity index is 1.25. The van der Waals surface area contributed by atoms with Crippen LogP contribution in [0.25, 0.3) is 11.3 Å². The van der Waals surface area contributed by atoms with E-state index >= 15 is 0 Å². The van der Waals surface area contributed by atoms with Gasteiger partial charge in [-0.05, 0) is 49.4 Å². The van der Waals surface area contributed by atoms with Gasteiger partial charge in [-0.1, -0.05) is 19.1 Å². The average molecular weight is 422 g/mol. The summed E-state index contributed by atoms with van der Waals surface area (Å²) in [7, 11) is 0. The molecule has 31 heavy (non-hydrogen) atoms. The summed E-state index contributed by atoms with van der Waals surface area (Å²) in [5, 5.41) is 4.13. The van der Waals surface area contributed by atoms with Gasteiger partial charge in [-0.15, -0.1) is 0 Å². The maximum absolute atomic E-state index is 13.4. The van der Waals surface area contributed by atoms with Gasteiger partial charge in [-0.3, -0.25) is 4.79 Å². The molecule has 0 radical (unpaired) electrons. The van der Waals surface area contributed by atoms with Crippen molar-refractivity contribution in [2.24, 2.45) is 0 Å². The molecule has 8 heteroatoms. The van der Waals surface area contributed by atoms with E-state index < -0.39 is 0 Å². The Kier molecular flexibility index (Phi) is 5.44. The number of nitrogens with zero attached hydrogens (tertiary/aromatic N) is 5. The lowest BCUT2D eigenvalue weighted by Gasteiger charge is -2.38. The molecule has 2 fully saturated rings. The van der Waals surface area contributed by atoms with Gasteiger partial charge >= 0.3 is 0 Å². The van der Waals surface area contributed by atoms with Crippen LogP contribution in [0.2, 0.25) is 0 Å². The molecule has 2 aliphatic rings. The summed E-state index contributed by atoms with van der Waals surface area (Å²) in [6.45, 7) is 3.76. The number of carbonyl (C=O) groups is 1. The van der Waals surface area contributed by atoms with Gasteiger partial charge < -0.3 is 18.7 Å². The second-order valence-electron chi connectivity index (χ2n) is 8.34. The summed E-state index contributed by atoms with van der Waals surface area (Å²) in [6.07, 6.45) is 8.89. The predicted octanol–water partition coefficient (Wildman–Crippen LogP) is 3.95. The van der Waals surface area contributed by atoms with Crippen molar-refractivity contribution in [2.45, 2.75) is 57.5 Å². The molecular weight excluding hydrogens is 394 g/mol. The highest BCUT2D eigenvalue weighted by molar-refractivity contribution is 5.95. The van der Waals surface area contributed by atoms with Crippen LogP contribution in [0.15, 0.2) is 45.8 Å². The second-order valence-corrected chi connectivity index (χ2v) is 8.34. The monoisotopic (exact) mass is 421 g/mol. The van der Waals surface area contributed by atoms with Gasteiger partial charge in [0.05, 0.1) is 6.20 Å². The number of aromatic nitrogens is 3. The molecule has 5 rings (SSSR count). The van der Waals surface area contributed by atoms with E-state index in [4.69, 9.17) is 8.94 Å². The van der Waals surface area contributed by atoms with Crippen molar-refractivity contribution in [2.75, 3.05) is 18.0 Å². The highest BCUT2D eigenvalue weighted by Crippen LogP contribution is 2.34. The highest BCUT2D eigenvalue weighted by Gasteiger charge is 2.39. The third-order valence-corrected chi connectivity index (χ3v) is 6.09. The van der Waals surface area contributed by atoms with Crippen molar-refractivity contribution in [1.82, 2.24) is 20.0 Å². The van der Waals surface area contributed by atoms with E-state index in [1.807, 2.05) is 24.3 Å². The number of rotatable bonds is 7. The standard InChI is InChI=1S/C23H27N5O3/c1-2-3-21-25-23(26-31-21)27-12-10-19(11-13-27)28(18-8-9-18)22(29)17-6-4-16(5-7-17)20-14-24-15-30-20/h4-7,14-15,18-19H,2-3,8-13H2,1H3. The minimum atomic E-state index is 0.120. The van der Waals surface area contributed by atoms with Crippen LogP contribution in [0.4, 0.5) is 5.95 Å². The summed E-state index contributed by atoms with van der Waals surface area (Å²) in [4.78, 5) is 26.1. The number of aryl methyl sites for hydroxylation is 1. The number of benzene rings is 1. The van der Waals surface area contributed by atoms with Crippen LogP contribution in [0.1, 0.15) is 55.3 Å². The molecule has 3 aromatic rings.